The quantitative estimate of drug-likeness (QED) is 0.149. The van der Waals surface area contributed by atoms with E-state index in [0.717, 1.165) is 20.8 Å². The van der Waals surface area contributed by atoms with Crippen molar-refractivity contribution in [3.8, 4) is 0 Å². The fourth-order valence-electron chi connectivity index (χ4n) is 3.24. The summed E-state index contributed by atoms with van der Waals surface area (Å²) in [6.45, 7) is 12.9. The molecule has 1 rings (SSSR count). The third kappa shape index (κ3) is 10.7. The van der Waals surface area contributed by atoms with Crippen LogP contribution in [0.3, 0.4) is 0 Å². The Balaban J connectivity index is 3.55. The van der Waals surface area contributed by atoms with Gasteiger partial charge in [0.25, 0.3) is 0 Å². The van der Waals surface area contributed by atoms with Crippen LogP contribution in [-0.2, 0) is 57.1 Å². The van der Waals surface area contributed by atoms with Gasteiger partial charge in [0.05, 0.1) is 6.61 Å². The number of carbonyl (C=O) groups excluding carboxylic acids is 5. The second-order valence-corrected chi connectivity index (χ2v) is 11.7. The third-order valence-corrected chi connectivity index (χ3v) is 5.94. The van der Waals surface area contributed by atoms with Crippen LogP contribution in [0.5, 0.6) is 0 Å². The van der Waals surface area contributed by atoms with E-state index in [1.165, 1.54) is 20.8 Å². The van der Waals surface area contributed by atoms with E-state index in [-0.39, 0.29) is 17.8 Å². The molecule has 1 aliphatic heterocycles. The molecule has 0 saturated carbocycles. The van der Waals surface area contributed by atoms with Gasteiger partial charge in [-0.05, 0) is 19.3 Å². The van der Waals surface area contributed by atoms with Gasteiger partial charge in [-0.1, -0.05) is 36.7 Å². The Morgan fingerprint density at radius 3 is 1.70 bits per heavy atom. The lowest BCUT2D eigenvalue weighted by Gasteiger charge is -2.45. The molecule has 0 amide bonds. The summed E-state index contributed by atoms with van der Waals surface area (Å²) >= 11 is 3.36. The summed E-state index contributed by atoms with van der Waals surface area (Å²) in [5, 5.41) is 0. The molecule has 37 heavy (non-hydrogen) atoms. The van der Waals surface area contributed by atoms with E-state index in [2.05, 4.69) is 15.9 Å². The van der Waals surface area contributed by atoms with Crippen molar-refractivity contribution in [2.24, 2.45) is 5.41 Å². The molecule has 212 valence electrons. The van der Waals surface area contributed by atoms with Crippen LogP contribution in [0.2, 0.25) is 0 Å². The van der Waals surface area contributed by atoms with Crippen molar-refractivity contribution < 1.29 is 57.1 Å². The summed E-state index contributed by atoms with van der Waals surface area (Å²) in [7, 11) is 0. The van der Waals surface area contributed by atoms with Gasteiger partial charge in [0.15, 0.2) is 30.4 Å². The Labute approximate surface area is 225 Å². The number of ether oxygens (including phenoxy) is 7. The van der Waals surface area contributed by atoms with Crippen molar-refractivity contribution in [3.05, 3.63) is 0 Å². The number of alkyl halides is 1. The van der Waals surface area contributed by atoms with E-state index >= 15 is 0 Å². The summed E-state index contributed by atoms with van der Waals surface area (Å²) in [5.41, 5.74) is -0.317. The van der Waals surface area contributed by atoms with E-state index in [9.17, 15) is 24.0 Å². The largest absolute Gasteiger partial charge is 0.463 e. The Bertz CT molecular complexity index is 849. The highest BCUT2D eigenvalue weighted by Crippen LogP contribution is 2.35. The average molecular weight is 597 g/mol. The number of carbonyl (C=O) groups is 5. The van der Waals surface area contributed by atoms with Crippen molar-refractivity contribution in [1.29, 1.82) is 0 Å². The average Bonchev–Trinajstić information content (AvgIpc) is 2.71. The van der Waals surface area contributed by atoms with Gasteiger partial charge >= 0.3 is 23.9 Å². The molecule has 1 fully saturated rings. The van der Waals surface area contributed by atoms with Gasteiger partial charge in [-0.3, -0.25) is 24.0 Å². The first-order valence-corrected chi connectivity index (χ1v) is 12.4. The Kier molecular flexibility index (Phi) is 12.1. The van der Waals surface area contributed by atoms with Crippen LogP contribution in [-0.4, -0.2) is 84.2 Å². The number of rotatable bonds is 11. The van der Waals surface area contributed by atoms with E-state index in [4.69, 9.17) is 33.2 Å². The molecule has 13 heteroatoms. The highest BCUT2D eigenvalue weighted by Gasteiger charge is 2.54. The molecule has 1 aliphatic rings. The van der Waals surface area contributed by atoms with Crippen LogP contribution >= 0.6 is 15.9 Å². The van der Waals surface area contributed by atoms with E-state index < -0.39 is 71.8 Å². The Morgan fingerprint density at radius 1 is 0.784 bits per heavy atom. The van der Waals surface area contributed by atoms with Crippen molar-refractivity contribution in [3.63, 3.8) is 0 Å². The second-order valence-electron chi connectivity index (χ2n) is 10.0. The number of hydrogen-bond acceptors (Lipinski definition) is 12. The molecule has 0 spiro atoms. The fourth-order valence-corrected chi connectivity index (χ4v) is 3.48. The maximum atomic E-state index is 12.4. The van der Waals surface area contributed by atoms with Crippen LogP contribution in [0, 0.1) is 5.41 Å². The van der Waals surface area contributed by atoms with Gasteiger partial charge in [-0.2, -0.15) is 0 Å². The minimum Gasteiger partial charge on any atom is -0.463 e. The lowest BCUT2D eigenvalue weighted by Crippen LogP contribution is -2.64. The first kappa shape index (κ1) is 32.9. The molecule has 1 saturated heterocycles. The molecule has 0 aromatic rings. The maximum Gasteiger partial charge on any atom is 0.303 e. The standard InChI is InChI=1S/C24H37BrO12/c1-12(26)24(9,25)22(32-11-23(6,7)8)37-21-20(35-16(5)30)19(34-15(4)29)18(33-14(3)28)17(36-21)10-31-13(2)27/h17-22H,10-11H2,1-9H3/t17-,18-,19+,20-,21+,22+,24-/m1/s1. The highest BCUT2D eigenvalue weighted by molar-refractivity contribution is 9.10. The second kappa shape index (κ2) is 13.6. The van der Waals surface area contributed by atoms with Crippen LogP contribution in [0.25, 0.3) is 0 Å². The van der Waals surface area contributed by atoms with E-state index in [0.29, 0.717) is 0 Å². The molecular weight excluding hydrogens is 560 g/mol. The first-order valence-electron chi connectivity index (χ1n) is 11.6. The van der Waals surface area contributed by atoms with Gasteiger partial charge in [-0.25, -0.2) is 0 Å². The van der Waals surface area contributed by atoms with Crippen LogP contribution in [0.15, 0.2) is 0 Å². The van der Waals surface area contributed by atoms with Gasteiger partial charge in [-0.15, -0.1) is 0 Å². The molecule has 0 radical (unpaired) electrons. The lowest BCUT2D eigenvalue weighted by atomic mass is 9.97. The zero-order valence-electron chi connectivity index (χ0n) is 22.7. The summed E-state index contributed by atoms with van der Waals surface area (Å²) in [4.78, 5) is 59.8. The Morgan fingerprint density at radius 2 is 1.27 bits per heavy atom. The molecular formula is C24H37BrO12. The highest BCUT2D eigenvalue weighted by atomic mass is 79.9. The summed E-state index contributed by atoms with van der Waals surface area (Å²) in [5.74, 6) is -3.29. The molecule has 0 aromatic carbocycles. The smallest absolute Gasteiger partial charge is 0.303 e. The SMILES string of the molecule is CC(=O)OC[C@H]1O[C@@H](O[C@H](OCC(C)(C)C)[C@](C)(Br)C(C)=O)[C@H](OC(C)=O)[C@@H](OC(C)=O)[C@@H]1OC(C)=O. The molecule has 1 heterocycles. The van der Waals surface area contributed by atoms with Crippen LogP contribution < -0.4 is 0 Å². The Hall–Kier alpha value is -2.09. The topological polar surface area (TPSA) is 150 Å². The molecule has 0 N–H and O–H groups in total. The van der Waals surface area contributed by atoms with Crippen LogP contribution in [0.1, 0.15) is 62.3 Å². The predicted molar refractivity (Wildman–Crippen MR) is 130 cm³/mol. The maximum absolute atomic E-state index is 12.4. The van der Waals surface area contributed by atoms with Crippen molar-refractivity contribution in [2.75, 3.05) is 13.2 Å². The van der Waals surface area contributed by atoms with Gasteiger partial charge < -0.3 is 33.2 Å². The molecule has 7 atom stereocenters. The minimum absolute atomic E-state index is 0.164. The summed E-state index contributed by atoms with van der Waals surface area (Å²) in [6.07, 6.45) is -8.16. The van der Waals surface area contributed by atoms with Gasteiger partial charge in [0, 0.05) is 27.7 Å². The minimum atomic E-state index is -1.50. The van der Waals surface area contributed by atoms with E-state index in [1.54, 1.807) is 0 Å². The number of esters is 4. The molecule has 0 aromatic heterocycles. The number of hydrogen-bond donors (Lipinski definition) is 0. The normalized spacial score (nSPS) is 26.3. The van der Waals surface area contributed by atoms with Crippen molar-refractivity contribution in [1.82, 2.24) is 0 Å². The van der Waals surface area contributed by atoms with Crippen LogP contribution in [0.4, 0.5) is 0 Å². The molecule has 0 unspecified atom stereocenters. The zero-order valence-corrected chi connectivity index (χ0v) is 24.2. The number of halogens is 1. The number of ketones is 1. The molecule has 0 bridgehead atoms. The molecule has 12 nitrogen and oxygen atoms in total. The van der Waals surface area contributed by atoms with Gasteiger partial charge in [0.2, 0.25) is 6.29 Å². The van der Waals surface area contributed by atoms with Crippen molar-refractivity contribution >= 4 is 45.6 Å². The fraction of sp³-hybridized carbons (Fsp3) is 0.792. The summed E-state index contributed by atoms with van der Waals surface area (Å²) < 4.78 is 37.8. The lowest BCUT2D eigenvalue weighted by molar-refractivity contribution is -0.343. The van der Waals surface area contributed by atoms with Gasteiger partial charge in [0.1, 0.15) is 17.0 Å². The third-order valence-electron chi connectivity index (χ3n) is 5.00. The van der Waals surface area contributed by atoms with Crippen molar-refractivity contribution in [2.45, 2.75) is 104 Å². The predicted octanol–water partition coefficient (Wildman–Crippen LogP) is 2.22. The molecule has 0 aliphatic carbocycles. The first-order chi connectivity index (χ1) is 16.8. The van der Waals surface area contributed by atoms with E-state index in [1.807, 2.05) is 20.8 Å². The monoisotopic (exact) mass is 596 g/mol. The zero-order chi connectivity index (χ0) is 28.7. The number of Topliss-reactive ketones (excluding diaryl/α,β-unsaturated/α-hetero) is 1. The summed E-state index contributed by atoms with van der Waals surface area (Å²) in [6, 6.07) is 0.